The van der Waals surface area contributed by atoms with Crippen LogP contribution in [0.1, 0.15) is 20.3 Å². The van der Waals surface area contributed by atoms with E-state index in [-0.39, 0.29) is 6.61 Å². The van der Waals surface area contributed by atoms with Crippen LogP contribution in [0.3, 0.4) is 0 Å². The first kappa shape index (κ1) is 8.70. The van der Waals surface area contributed by atoms with Gasteiger partial charge >= 0.3 is 0 Å². The summed E-state index contributed by atoms with van der Waals surface area (Å²) in [5, 5.41) is 8.72. The SMILES string of the molecule is C=C[C@@H](CC)[C@@H](C)CO. The Hall–Kier alpha value is -0.300. The lowest BCUT2D eigenvalue weighted by Gasteiger charge is -2.15. The van der Waals surface area contributed by atoms with Crippen molar-refractivity contribution in [2.75, 3.05) is 6.61 Å². The molecule has 0 fully saturated rings. The maximum absolute atomic E-state index is 8.72. The molecule has 0 spiro atoms. The van der Waals surface area contributed by atoms with E-state index >= 15 is 0 Å². The monoisotopic (exact) mass is 128 g/mol. The van der Waals surface area contributed by atoms with Gasteiger partial charge in [-0.15, -0.1) is 6.58 Å². The Morgan fingerprint density at radius 3 is 2.33 bits per heavy atom. The molecule has 0 amide bonds. The first-order chi connectivity index (χ1) is 4.26. The maximum Gasteiger partial charge on any atom is 0.0462 e. The van der Waals surface area contributed by atoms with Gasteiger partial charge < -0.3 is 5.11 Å². The van der Waals surface area contributed by atoms with E-state index in [0.717, 1.165) is 6.42 Å². The second-order valence-corrected chi connectivity index (χ2v) is 2.47. The van der Waals surface area contributed by atoms with Gasteiger partial charge in [0.1, 0.15) is 0 Å². The van der Waals surface area contributed by atoms with E-state index < -0.39 is 0 Å². The normalized spacial score (nSPS) is 16.8. The molecule has 0 radical (unpaired) electrons. The Kier molecular flexibility index (Phi) is 4.41. The molecule has 0 saturated heterocycles. The molecule has 54 valence electrons. The van der Waals surface area contributed by atoms with Crippen LogP contribution in [0.25, 0.3) is 0 Å². The Morgan fingerprint density at radius 1 is 1.67 bits per heavy atom. The molecule has 0 aliphatic carbocycles. The van der Waals surface area contributed by atoms with E-state index in [1.807, 2.05) is 13.0 Å². The first-order valence-electron chi connectivity index (χ1n) is 3.49. The molecule has 0 saturated carbocycles. The fourth-order valence-corrected chi connectivity index (χ4v) is 0.937. The van der Waals surface area contributed by atoms with Crippen molar-refractivity contribution in [1.29, 1.82) is 0 Å². The molecule has 0 aromatic carbocycles. The highest BCUT2D eigenvalue weighted by Gasteiger charge is 2.09. The van der Waals surface area contributed by atoms with Gasteiger partial charge in [-0.1, -0.05) is 19.9 Å². The van der Waals surface area contributed by atoms with Gasteiger partial charge in [0.25, 0.3) is 0 Å². The van der Waals surface area contributed by atoms with Crippen molar-refractivity contribution < 1.29 is 5.11 Å². The minimum Gasteiger partial charge on any atom is -0.396 e. The van der Waals surface area contributed by atoms with Crippen molar-refractivity contribution in [3.8, 4) is 0 Å². The Balaban J connectivity index is 3.63. The van der Waals surface area contributed by atoms with Gasteiger partial charge in [-0.25, -0.2) is 0 Å². The van der Waals surface area contributed by atoms with Crippen LogP contribution >= 0.6 is 0 Å². The summed E-state index contributed by atoms with van der Waals surface area (Å²) in [7, 11) is 0. The van der Waals surface area contributed by atoms with Gasteiger partial charge in [-0.05, 0) is 18.3 Å². The molecule has 1 heteroatoms. The maximum atomic E-state index is 8.72. The summed E-state index contributed by atoms with van der Waals surface area (Å²) in [5.41, 5.74) is 0. The molecular weight excluding hydrogens is 112 g/mol. The summed E-state index contributed by atoms with van der Waals surface area (Å²) in [4.78, 5) is 0. The average Bonchev–Trinajstić information content (AvgIpc) is 1.90. The Morgan fingerprint density at radius 2 is 2.22 bits per heavy atom. The molecule has 0 aliphatic rings. The van der Waals surface area contributed by atoms with Crippen molar-refractivity contribution >= 4 is 0 Å². The van der Waals surface area contributed by atoms with Crippen molar-refractivity contribution in [1.82, 2.24) is 0 Å². The van der Waals surface area contributed by atoms with Crippen LogP contribution in [0.15, 0.2) is 12.7 Å². The molecule has 1 N–H and O–H groups in total. The number of allylic oxidation sites excluding steroid dienone is 1. The van der Waals surface area contributed by atoms with E-state index in [9.17, 15) is 0 Å². The zero-order valence-corrected chi connectivity index (χ0v) is 6.30. The predicted molar refractivity (Wildman–Crippen MR) is 40.2 cm³/mol. The topological polar surface area (TPSA) is 20.2 Å². The molecule has 0 rings (SSSR count). The number of hydrogen-bond acceptors (Lipinski definition) is 1. The third-order valence-corrected chi connectivity index (χ3v) is 1.79. The third kappa shape index (κ3) is 2.66. The van der Waals surface area contributed by atoms with Crippen molar-refractivity contribution in [3.63, 3.8) is 0 Å². The van der Waals surface area contributed by atoms with E-state index in [4.69, 9.17) is 5.11 Å². The van der Waals surface area contributed by atoms with E-state index in [0.29, 0.717) is 11.8 Å². The molecule has 1 nitrogen and oxygen atoms in total. The number of aliphatic hydroxyl groups is 1. The number of hydrogen-bond donors (Lipinski definition) is 1. The Labute approximate surface area is 57.4 Å². The smallest absolute Gasteiger partial charge is 0.0462 e. The third-order valence-electron chi connectivity index (χ3n) is 1.79. The van der Waals surface area contributed by atoms with Gasteiger partial charge in [0.2, 0.25) is 0 Å². The first-order valence-corrected chi connectivity index (χ1v) is 3.49. The summed E-state index contributed by atoms with van der Waals surface area (Å²) < 4.78 is 0. The highest BCUT2D eigenvalue weighted by atomic mass is 16.3. The fourth-order valence-electron chi connectivity index (χ4n) is 0.937. The molecule has 0 unspecified atom stereocenters. The average molecular weight is 128 g/mol. The molecule has 0 aromatic rings. The molecule has 0 aliphatic heterocycles. The van der Waals surface area contributed by atoms with Crippen LogP contribution in [-0.4, -0.2) is 11.7 Å². The summed E-state index contributed by atoms with van der Waals surface area (Å²) >= 11 is 0. The second-order valence-electron chi connectivity index (χ2n) is 2.47. The van der Waals surface area contributed by atoms with Gasteiger partial charge in [0.05, 0.1) is 0 Å². The molecule has 2 atom stereocenters. The highest BCUT2D eigenvalue weighted by Crippen LogP contribution is 2.14. The van der Waals surface area contributed by atoms with Crippen molar-refractivity contribution in [3.05, 3.63) is 12.7 Å². The number of rotatable bonds is 4. The molecule has 9 heavy (non-hydrogen) atoms. The summed E-state index contributed by atoms with van der Waals surface area (Å²) in [6.07, 6.45) is 2.99. The largest absolute Gasteiger partial charge is 0.396 e. The quantitative estimate of drug-likeness (QED) is 0.573. The molecule has 0 bridgehead atoms. The molecular formula is C8H16O. The predicted octanol–water partition coefficient (Wildman–Crippen LogP) is 1.83. The van der Waals surface area contributed by atoms with Crippen LogP contribution in [0.5, 0.6) is 0 Å². The van der Waals surface area contributed by atoms with E-state index in [2.05, 4.69) is 13.5 Å². The zero-order valence-electron chi connectivity index (χ0n) is 6.30. The standard InChI is InChI=1S/C8H16O/c1-4-8(5-2)7(3)6-9/h4,7-9H,1,5-6H2,2-3H3/t7-,8-/m0/s1. The van der Waals surface area contributed by atoms with Crippen LogP contribution in [0.2, 0.25) is 0 Å². The second kappa shape index (κ2) is 4.57. The van der Waals surface area contributed by atoms with Crippen LogP contribution in [0.4, 0.5) is 0 Å². The van der Waals surface area contributed by atoms with Crippen LogP contribution < -0.4 is 0 Å². The van der Waals surface area contributed by atoms with Crippen LogP contribution in [-0.2, 0) is 0 Å². The summed E-state index contributed by atoms with van der Waals surface area (Å²) in [6, 6.07) is 0. The van der Waals surface area contributed by atoms with Gasteiger partial charge in [-0.3, -0.25) is 0 Å². The Bertz CT molecular complexity index is 78.6. The lowest BCUT2D eigenvalue weighted by atomic mass is 9.93. The van der Waals surface area contributed by atoms with Gasteiger partial charge in [0.15, 0.2) is 0 Å². The molecule has 0 heterocycles. The van der Waals surface area contributed by atoms with Crippen LogP contribution in [0, 0.1) is 11.8 Å². The van der Waals surface area contributed by atoms with E-state index in [1.54, 1.807) is 0 Å². The van der Waals surface area contributed by atoms with Crippen molar-refractivity contribution in [2.24, 2.45) is 11.8 Å². The fraction of sp³-hybridized carbons (Fsp3) is 0.750. The lowest BCUT2D eigenvalue weighted by Crippen LogP contribution is -2.11. The van der Waals surface area contributed by atoms with Crippen molar-refractivity contribution in [2.45, 2.75) is 20.3 Å². The number of aliphatic hydroxyl groups excluding tert-OH is 1. The summed E-state index contributed by atoms with van der Waals surface area (Å²) in [6.45, 7) is 8.11. The summed E-state index contributed by atoms with van der Waals surface area (Å²) in [5.74, 6) is 0.850. The van der Waals surface area contributed by atoms with E-state index in [1.165, 1.54) is 0 Å². The highest BCUT2D eigenvalue weighted by molar-refractivity contribution is 4.81. The molecule has 0 aromatic heterocycles. The lowest BCUT2D eigenvalue weighted by molar-refractivity contribution is 0.204. The minimum absolute atomic E-state index is 0.268. The minimum atomic E-state index is 0.268. The zero-order chi connectivity index (χ0) is 7.28. The van der Waals surface area contributed by atoms with Gasteiger partial charge in [0, 0.05) is 6.61 Å². The van der Waals surface area contributed by atoms with Gasteiger partial charge in [-0.2, -0.15) is 0 Å².